The number of benzene rings is 2. The third-order valence-corrected chi connectivity index (χ3v) is 6.21. The highest BCUT2D eigenvalue weighted by Crippen LogP contribution is 2.35. The van der Waals surface area contributed by atoms with Crippen LogP contribution < -0.4 is 14.4 Å². The molecule has 12 heteroatoms. The van der Waals surface area contributed by atoms with Crippen LogP contribution >= 0.6 is 0 Å². The first kappa shape index (κ1) is 23.7. The van der Waals surface area contributed by atoms with Crippen molar-refractivity contribution in [3.8, 4) is 5.75 Å². The number of amides is 2. The van der Waals surface area contributed by atoms with E-state index in [-0.39, 0.29) is 46.0 Å². The minimum atomic E-state index is -4.35. The summed E-state index contributed by atoms with van der Waals surface area (Å²) in [6.07, 6.45) is 0.0000495. The third kappa shape index (κ3) is 4.65. The molecule has 1 heterocycles. The third-order valence-electron chi connectivity index (χ3n) is 4.84. The average molecular weight is 476 g/mol. The number of nitrogens with one attached hydrogen (secondary N) is 1. The topological polar surface area (TPSA) is 145 Å². The van der Waals surface area contributed by atoms with Gasteiger partial charge in [0.2, 0.25) is 11.8 Å². The highest BCUT2D eigenvalue weighted by atomic mass is 32.2. The number of anilines is 2. The van der Waals surface area contributed by atoms with Crippen LogP contribution in [0.4, 0.5) is 11.4 Å². The fourth-order valence-corrected chi connectivity index (χ4v) is 4.31. The predicted molar refractivity (Wildman–Crippen MR) is 115 cm³/mol. The van der Waals surface area contributed by atoms with E-state index in [4.69, 9.17) is 4.74 Å². The van der Waals surface area contributed by atoms with Gasteiger partial charge < -0.3 is 14.2 Å². The van der Waals surface area contributed by atoms with Crippen molar-refractivity contribution in [2.45, 2.75) is 17.7 Å². The van der Waals surface area contributed by atoms with Gasteiger partial charge in [0.15, 0.2) is 0 Å². The molecule has 2 aromatic carbocycles. The maximum Gasteiger partial charge on any atom is 0.339 e. The summed E-state index contributed by atoms with van der Waals surface area (Å²) in [5.41, 5.74) is -0.404. The second-order valence-corrected chi connectivity index (χ2v) is 8.49. The van der Waals surface area contributed by atoms with Gasteiger partial charge in [-0.15, -0.1) is 0 Å². The first-order chi connectivity index (χ1) is 15.6. The van der Waals surface area contributed by atoms with Crippen LogP contribution in [-0.2, 0) is 29.1 Å². The molecule has 1 aliphatic heterocycles. The average Bonchev–Trinajstić information content (AvgIpc) is 3.14. The van der Waals surface area contributed by atoms with Crippen molar-refractivity contribution in [1.82, 2.24) is 0 Å². The Morgan fingerprint density at radius 2 is 1.55 bits per heavy atom. The standard InChI is InChI=1S/C21H20N2O9S/c1-30-17-7-5-13(11-16(17)23-18(24)8-9-19(23)25)33(28,29)22-15-10-12(20(26)31-2)4-6-14(15)21(27)32-3/h4-7,10-11,22H,8-9H2,1-3H3. The van der Waals surface area contributed by atoms with E-state index in [0.717, 1.165) is 31.3 Å². The Kier molecular flexibility index (Phi) is 6.68. The van der Waals surface area contributed by atoms with E-state index >= 15 is 0 Å². The van der Waals surface area contributed by atoms with Crippen LogP contribution in [0.25, 0.3) is 0 Å². The largest absolute Gasteiger partial charge is 0.495 e. The molecular formula is C21H20N2O9S. The highest BCUT2D eigenvalue weighted by Gasteiger charge is 2.33. The minimum absolute atomic E-state index is 0.0000247. The highest BCUT2D eigenvalue weighted by molar-refractivity contribution is 7.92. The van der Waals surface area contributed by atoms with Gasteiger partial charge in [0.05, 0.1) is 48.7 Å². The summed E-state index contributed by atoms with van der Waals surface area (Å²) >= 11 is 0. The summed E-state index contributed by atoms with van der Waals surface area (Å²) in [6, 6.07) is 7.26. The monoisotopic (exact) mass is 476 g/mol. The number of hydrogen-bond acceptors (Lipinski definition) is 9. The van der Waals surface area contributed by atoms with Crippen LogP contribution in [0.3, 0.4) is 0 Å². The zero-order valence-corrected chi connectivity index (χ0v) is 18.7. The summed E-state index contributed by atoms with van der Waals surface area (Å²) in [5, 5.41) is 0. The summed E-state index contributed by atoms with van der Waals surface area (Å²) in [7, 11) is -0.764. The molecule has 1 aliphatic rings. The molecule has 0 bridgehead atoms. The van der Waals surface area contributed by atoms with Crippen molar-refractivity contribution in [2.75, 3.05) is 31.0 Å². The van der Waals surface area contributed by atoms with E-state index < -0.39 is 33.8 Å². The molecule has 0 saturated carbocycles. The van der Waals surface area contributed by atoms with Crippen LogP contribution in [0.15, 0.2) is 41.3 Å². The van der Waals surface area contributed by atoms with Crippen molar-refractivity contribution in [3.63, 3.8) is 0 Å². The van der Waals surface area contributed by atoms with Gasteiger partial charge in [0.25, 0.3) is 10.0 Å². The molecule has 11 nitrogen and oxygen atoms in total. The van der Waals surface area contributed by atoms with Crippen LogP contribution in [0.2, 0.25) is 0 Å². The van der Waals surface area contributed by atoms with Crippen molar-refractivity contribution in [1.29, 1.82) is 0 Å². The number of ether oxygens (including phenoxy) is 3. The number of nitrogens with zero attached hydrogens (tertiary/aromatic N) is 1. The minimum Gasteiger partial charge on any atom is -0.495 e. The van der Waals surface area contributed by atoms with E-state index in [2.05, 4.69) is 14.2 Å². The number of hydrogen-bond donors (Lipinski definition) is 1. The maximum atomic E-state index is 13.1. The number of methoxy groups -OCH3 is 3. The molecule has 0 aliphatic carbocycles. The van der Waals surface area contributed by atoms with E-state index in [1.807, 2.05) is 0 Å². The molecule has 174 valence electrons. The van der Waals surface area contributed by atoms with Gasteiger partial charge in [-0.25, -0.2) is 22.9 Å². The lowest BCUT2D eigenvalue weighted by molar-refractivity contribution is -0.121. The van der Waals surface area contributed by atoms with Gasteiger partial charge in [0, 0.05) is 12.8 Å². The van der Waals surface area contributed by atoms with Crippen molar-refractivity contribution in [3.05, 3.63) is 47.5 Å². The van der Waals surface area contributed by atoms with Gasteiger partial charge in [-0.3, -0.25) is 14.3 Å². The molecule has 33 heavy (non-hydrogen) atoms. The summed E-state index contributed by atoms with van der Waals surface area (Å²) < 4.78 is 43.0. The summed E-state index contributed by atoms with van der Waals surface area (Å²) in [5.74, 6) is -2.43. The van der Waals surface area contributed by atoms with E-state index in [0.29, 0.717) is 0 Å². The fraction of sp³-hybridized carbons (Fsp3) is 0.238. The molecule has 0 spiro atoms. The predicted octanol–water partition coefficient (Wildman–Crippen LogP) is 1.72. The first-order valence-electron chi connectivity index (χ1n) is 9.50. The molecule has 2 amide bonds. The quantitative estimate of drug-likeness (QED) is 0.466. The first-order valence-corrected chi connectivity index (χ1v) is 11.0. The summed E-state index contributed by atoms with van der Waals surface area (Å²) in [4.78, 5) is 48.9. The number of esters is 2. The number of imide groups is 1. The molecular weight excluding hydrogens is 456 g/mol. The lowest BCUT2D eigenvalue weighted by Crippen LogP contribution is -2.29. The Morgan fingerprint density at radius 1 is 0.909 bits per heavy atom. The smallest absolute Gasteiger partial charge is 0.339 e. The van der Waals surface area contributed by atoms with Crippen LogP contribution in [0.1, 0.15) is 33.6 Å². The maximum absolute atomic E-state index is 13.1. The lowest BCUT2D eigenvalue weighted by atomic mass is 10.1. The molecule has 0 atom stereocenters. The van der Waals surface area contributed by atoms with Gasteiger partial charge in [0.1, 0.15) is 5.75 Å². The summed E-state index contributed by atoms with van der Waals surface area (Å²) in [6.45, 7) is 0. The number of carbonyl (C=O) groups is 4. The zero-order chi connectivity index (χ0) is 24.3. The Hall–Kier alpha value is -3.93. The van der Waals surface area contributed by atoms with Crippen LogP contribution in [0, 0.1) is 0 Å². The van der Waals surface area contributed by atoms with E-state index in [9.17, 15) is 27.6 Å². The fourth-order valence-electron chi connectivity index (χ4n) is 3.22. The van der Waals surface area contributed by atoms with Crippen LogP contribution in [0.5, 0.6) is 5.75 Å². The van der Waals surface area contributed by atoms with Crippen LogP contribution in [-0.4, -0.2) is 53.5 Å². The number of sulfonamides is 1. The van der Waals surface area contributed by atoms with Gasteiger partial charge >= 0.3 is 11.9 Å². The lowest BCUT2D eigenvalue weighted by Gasteiger charge is -2.19. The molecule has 3 rings (SSSR count). The molecule has 2 aromatic rings. The second-order valence-electron chi connectivity index (χ2n) is 6.81. The normalized spacial score (nSPS) is 13.6. The van der Waals surface area contributed by atoms with Gasteiger partial charge in [-0.1, -0.05) is 0 Å². The molecule has 1 saturated heterocycles. The van der Waals surface area contributed by atoms with Crippen molar-refractivity contribution in [2.24, 2.45) is 0 Å². The van der Waals surface area contributed by atoms with Crippen molar-refractivity contribution < 1.29 is 41.8 Å². The molecule has 0 radical (unpaired) electrons. The second kappa shape index (κ2) is 9.28. The number of carbonyl (C=O) groups excluding carboxylic acids is 4. The molecule has 0 unspecified atom stereocenters. The molecule has 1 N–H and O–H groups in total. The number of rotatable bonds is 7. The van der Waals surface area contributed by atoms with Gasteiger partial charge in [-0.05, 0) is 36.4 Å². The van der Waals surface area contributed by atoms with E-state index in [1.54, 1.807) is 0 Å². The van der Waals surface area contributed by atoms with Crippen molar-refractivity contribution >= 4 is 45.2 Å². The molecule has 0 aromatic heterocycles. The Labute approximate surface area is 189 Å². The molecule has 1 fully saturated rings. The Morgan fingerprint density at radius 3 is 2.12 bits per heavy atom. The Bertz CT molecular complexity index is 1240. The van der Waals surface area contributed by atoms with Gasteiger partial charge in [-0.2, -0.15) is 0 Å². The van der Waals surface area contributed by atoms with E-state index in [1.165, 1.54) is 31.4 Å². The Balaban J connectivity index is 2.07. The zero-order valence-electron chi connectivity index (χ0n) is 17.9. The SMILES string of the molecule is COC(=O)c1ccc(C(=O)OC)c(NS(=O)(=O)c2ccc(OC)c(N3C(=O)CCC3=O)c2)c1.